The Morgan fingerprint density at radius 3 is 2.72 bits per heavy atom. The van der Waals surface area contributed by atoms with Gasteiger partial charge in [0.2, 0.25) is 4.96 Å². The third-order valence-electron chi connectivity index (χ3n) is 4.18. The largest absolute Gasteiger partial charge is 0.352 e. The minimum Gasteiger partial charge on any atom is -0.352 e. The van der Waals surface area contributed by atoms with Crippen molar-refractivity contribution in [2.45, 2.75) is 6.92 Å². The van der Waals surface area contributed by atoms with Crippen LogP contribution in [0.2, 0.25) is 0 Å². The lowest BCUT2D eigenvalue weighted by molar-refractivity contribution is 0.896. The summed E-state index contributed by atoms with van der Waals surface area (Å²) in [5.74, 6) is 0.789. The number of rotatable bonds is 2. The summed E-state index contributed by atoms with van der Waals surface area (Å²) >= 11 is 5.12. The fourth-order valence-electron chi connectivity index (χ4n) is 3.04. The van der Waals surface area contributed by atoms with Gasteiger partial charge in [-0.1, -0.05) is 57.6 Å². The van der Waals surface area contributed by atoms with Crippen LogP contribution in [0.1, 0.15) is 5.82 Å². The molecule has 0 bridgehead atoms. The van der Waals surface area contributed by atoms with E-state index in [2.05, 4.69) is 67.5 Å². The van der Waals surface area contributed by atoms with E-state index in [1.54, 1.807) is 4.52 Å². The lowest BCUT2D eigenvalue weighted by Crippen LogP contribution is -1.89. The lowest BCUT2D eigenvalue weighted by atomic mass is 10.0. The van der Waals surface area contributed by atoms with Crippen LogP contribution < -0.4 is 0 Å². The maximum absolute atomic E-state index is 4.71. The molecule has 5 nitrogen and oxygen atoms in total. The first-order valence-electron chi connectivity index (χ1n) is 7.76. The van der Waals surface area contributed by atoms with Gasteiger partial charge in [-0.2, -0.15) is 9.61 Å². The number of hydrogen-bond donors (Lipinski definition) is 1. The van der Waals surface area contributed by atoms with E-state index in [0.717, 1.165) is 42.6 Å². The molecule has 0 unspecified atom stereocenters. The molecule has 0 aliphatic rings. The molecule has 0 aliphatic carbocycles. The maximum atomic E-state index is 4.71. The number of aryl methyl sites for hydroxylation is 1. The van der Waals surface area contributed by atoms with Crippen molar-refractivity contribution < 1.29 is 0 Å². The summed E-state index contributed by atoms with van der Waals surface area (Å²) < 4.78 is 2.84. The predicted molar refractivity (Wildman–Crippen MR) is 104 cm³/mol. The zero-order valence-corrected chi connectivity index (χ0v) is 15.6. The molecule has 7 heteroatoms. The molecule has 0 radical (unpaired) electrons. The van der Waals surface area contributed by atoms with Crippen molar-refractivity contribution in [3.05, 3.63) is 58.8 Å². The third kappa shape index (κ3) is 2.31. The lowest BCUT2D eigenvalue weighted by Gasteiger charge is -2.03. The van der Waals surface area contributed by atoms with E-state index in [9.17, 15) is 0 Å². The van der Waals surface area contributed by atoms with Crippen LogP contribution in [-0.2, 0) is 0 Å². The molecule has 0 amide bonds. The quantitative estimate of drug-likeness (QED) is 0.442. The molecular formula is C18H12BrN5S. The molecule has 0 fully saturated rings. The fourth-order valence-corrected chi connectivity index (χ4v) is 4.30. The Morgan fingerprint density at radius 1 is 1.08 bits per heavy atom. The first-order chi connectivity index (χ1) is 12.2. The number of benzene rings is 2. The summed E-state index contributed by atoms with van der Waals surface area (Å²) in [7, 11) is 0. The molecule has 25 heavy (non-hydrogen) atoms. The van der Waals surface area contributed by atoms with Crippen molar-refractivity contribution in [1.82, 2.24) is 24.8 Å². The van der Waals surface area contributed by atoms with Crippen molar-refractivity contribution >= 4 is 43.1 Å². The zero-order chi connectivity index (χ0) is 17.0. The third-order valence-corrected chi connectivity index (χ3v) is 5.59. The molecule has 5 aromatic rings. The SMILES string of the molecule is Cc1nnc2sc(-c3[nH]c4ccc(Br)cc4c3-c3ccccc3)nn12. The van der Waals surface area contributed by atoms with Crippen molar-refractivity contribution in [2.75, 3.05) is 0 Å². The minimum absolute atomic E-state index is 0.789. The standard InChI is InChI=1S/C18H12BrN5S/c1-10-21-22-18-24(10)23-17(25-18)16-15(11-5-3-2-4-6-11)13-9-12(19)7-8-14(13)20-16/h2-9,20H,1H3. The van der Waals surface area contributed by atoms with Crippen LogP contribution in [0.3, 0.4) is 0 Å². The van der Waals surface area contributed by atoms with E-state index in [0.29, 0.717) is 0 Å². The molecule has 3 aromatic heterocycles. The first-order valence-corrected chi connectivity index (χ1v) is 9.37. The molecule has 0 saturated heterocycles. The van der Waals surface area contributed by atoms with Gasteiger partial charge < -0.3 is 4.98 Å². The summed E-state index contributed by atoms with van der Waals surface area (Å²) in [4.78, 5) is 4.34. The number of nitrogens with zero attached hydrogens (tertiary/aromatic N) is 4. The Balaban J connectivity index is 1.85. The Kier molecular flexibility index (Phi) is 3.26. The van der Waals surface area contributed by atoms with E-state index < -0.39 is 0 Å². The summed E-state index contributed by atoms with van der Waals surface area (Å²) in [5, 5.41) is 15.0. The van der Waals surface area contributed by atoms with Crippen LogP contribution in [0.25, 0.3) is 37.7 Å². The molecule has 0 atom stereocenters. The van der Waals surface area contributed by atoms with Crippen LogP contribution in [-0.4, -0.2) is 24.8 Å². The van der Waals surface area contributed by atoms with E-state index in [-0.39, 0.29) is 0 Å². The summed E-state index contributed by atoms with van der Waals surface area (Å²) in [6.07, 6.45) is 0. The van der Waals surface area contributed by atoms with E-state index >= 15 is 0 Å². The summed E-state index contributed by atoms with van der Waals surface area (Å²) in [6, 6.07) is 16.7. The molecule has 122 valence electrons. The average Bonchev–Trinajstić information content (AvgIpc) is 3.29. The normalized spacial score (nSPS) is 11.6. The van der Waals surface area contributed by atoms with Crippen molar-refractivity contribution in [3.63, 3.8) is 0 Å². The highest BCUT2D eigenvalue weighted by Crippen LogP contribution is 2.40. The second-order valence-corrected chi connectivity index (χ2v) is 7.65. The number of hydrogen-bond acceptors (Lipinski definition) is 4. The topological polar surface area (TPSA) is 58.9 Å². The van der Waals surface area contributed by atoms with Gasteiger partial charge in [0.1, 0.15) is 0 Å². The van der Waals surface area contributed by atoms with Gasteiger partial charge in [0, 0.05) is 20.9 Å². The van der Waals surface area contributed by atoms with E-state index in [1.165, 1.54) is 16.7 Å². The molecule has 2 aromatic carbocycles. The van der Waals surface area contributed by atoms with Gasteiger partial charge in [0.05, 0.1) is 5.69 Å². The molecular weight excluding hydrogens is 398 g/mol. The van der Waals surface area contributed by atoms with Gasteiger partial charge >= 0.3 is 0 Å². The Bertz CT molecular complexity index is 1220. The zero-order valence-electron chi connectivity index (χ0n) is 13.2. The molecule has 3 heterocycles. The number of aromatic amines is 1. The van der Waals surface area contributed by atoms with Crippen LogP contribution in [0.4, 0.5) is 0 Å². The molecule has 0 spiro atoms. The minimum atomic E-state index is 0.789. The highest BCUT2D eigenvalue weighted by molar-refractivity contribution is 9.10. The van der Waals surface area contributed by atoms with Crippen LogP contribution in [0, 0.1) is 6.92 Å². The molecule has 1 N–H and O–H groups in total. The number of halogens is 1. The monoisotopic (exact) mass is 409 g/mol. The van der Waals surface area contributed by atoms with Gasteiger partial charge in [0.25, 0.3) is 0 Å². The van der Waals surface area contributed by atoms with Crippen molar-refractivity contribution in [1.29, 1.82) is 0 Å². The summed E-state index contributed by atoms with van der Waals surface area (Å²) in [6.45, 7) is 1.91. The van der Waals surface area contributed by atoms with E-state index in [4.69, 9.17) is 5.10 Å². The summed E-state index contributed by atoms with van der Waals surface area (Å²) in [5.41, 5.74) is 4.40. The second-order valence-electron chi connectivity index (χ2n) is 5.78. The van der Waals surface area contributed by atoms with Gasteiger partial charge in [-0.3, -0.25) is 0 Å². The van der Waals surface area contributed by atoms with Crippen molar-refractivity contribution in [2.24, 2.45) is 0 Å². The second kappa shape index (κ2) is 5.50. The number of nitrogens with one attached hydrogen (secondary N) is 1. The van der Waals surface area contributed by atoms with Gasteiger partial charge in [-0.25, -0.2) is 0 Å². The van der Waals surface area contributed by atoms with Crippen LogP contribution in [0.15, 0.2) is 53.0 Å². The number of aromatic nitrogens is 5. The highest BCUT2D eigenvalue weighted by atomic mass is 79.9. The fraction of sp³-hybridized carbons (Fsp3) is 0.0556. The number of H-pyrrole nitrogens is 1. The first kappa shape index (κ1) is 14.8. The molecule has 0 aliphatic heterocycles. The Morgan fingerprint density at radius 2 is 1.92 bits per heavy atom. The van der Waals surface area contributed by atoms with E-state index in [1.807, 2.05) is 19.1 Å². The van der Waals surface area contributed by atoms with Gasteiger partial charge in [-0.15, -0.1) is 10.2 Å². The van der Waals surface area contributed by atoms with Crippen molar-refractivity contribution in [3.8, 4) is 21.8 Å². The Labute approximate surface area is 155 Å². The Hall–Kier alpha value is -2.51. The van der Waals surface area contributed by atoms with Crippen LogP contribution in [0.5, 0.6) is 0 Å². The predicted octanol–water partition coefficient (Wildman–Crippen LogP) is 5.07. The van der Waals surface area contributed by atoms with Crippen LogP contribution >= 0.6 is 27.3 Å². The maximum Gasteiger partial charge on any atom is 0.235 e. The van der Waals surface area contributed by atoms with Gasteiger partial charge in [0.15, 0.2) is 10.8 Å². The van der Waals surface area contributed by atoms with Gasteiger partial charge in [-0.05, 0) is 30.7 Å². The molecule has 0 saturated carbocycles. The average molecular weight is 410 g/mol. The highest BCUT2D eigenvalue weighted by Gasteiger charge is 2.19. The smallest absolute Gasteiger partial charge is 0.235 e. The molecule has 5 rings (SSSR count). The number of fused-ring (bicyclic) bond motifs is 2.